The van der Waals surface area contributed by atoms with Crippen molar-refractivity contribution in [3.05, 3.63) is 83.4 Å². The summed E-state index contributed by atoms with van der Waals surface area (Å²) in [6, 6.07) is 13.5. The molecule has 0 spiro atoms. The van der Waals surface area contributed by atoms with Gasteiger partial charge in [0.15, 0.2) is 0 Å². The number of hydrogen-bond acceptors (Lipinski definition) is 4. The van der Waals surface area contributed by atoms with Gasteiger partial charge in [-0.2, -0.15) is 0 Å². The summed E-state index contributed by atoms with van der Waals surface area (Å²) < 4.78 is 5.40. The van der Waals surface area contributed by atoms with Gasteiger partial charge in [0, 0.05) is 13.1 Å². The molecular formula is C30H41N3O4. The van der Waals surface area contributed by atoms with Crippen molar-refractivity contribution in [1.82, 2.24) is 15.5 Å². The van der Waals surface area contributed by atoms with Crippen LogP contribution in [0.1, 0.15) is 62.9 Å². The van der Waals surface area contributed by atoms with Gasteiger partial charge in [0.1, 0.15) is 17.7 Å². The zero-order chi connectivity index (χ0) is 27.8. The minimum Gasteiger partial charge on any atom is -0.444 e. The highest BCUT2D eigenvalue weighted by atomic mass is 16.6. The predicted octanol–water partition coefficient (Wildman–Crippen LogP) is 5.22. The van der Waals surface area contributed by atoms with Crippen LogP contribution in [0.3, 0.4) is 0 Å². The quantitative estimate of drug-likeness (QED) is 0.432. The Balaban J connectivity index is 2.48. The van der Waals surface area contributed by atoms with Crippen LogP contribution in [-0.2, 0) is 20.9 Å². The molecule has 7 heteroatoms. The predicted molar refractivity (Wildman–Crippen MR) is 147 cm³/mol. The summed E-state index contributed by atoms with van der Waals surface area (Å²) in [5.41, 5.74) is 2.89. The largest absolute Gasteiger partial charge is 0.444 e. The molecule has 2 aromatic carbocycles. The van der Waals surface area contributed by atoms with Gasteiger partial charge in [-0.3, -0.25) is 9.59 Å². The summed E-state index contributed by atoms with van der Waals surface area (Å²) in [6.45, 7) is 17.1. The fourth-order valence-corrected chi connectivity index (χ4v) is 3.99. The maximum Gasteiger partial charge on any atom is 0.408 e. The number of alkyl carbamates (subject to hydrolysis) is 1. The van der Waals surface area contributed by atoms with E-state index in [0.717, 1.165) is 22.3 Å². The van der Waals surface area contributed by atoms with E-state index in [1.54, 1.807) is 26.8 Å². The van der Waals surface area contributed by atoms with Gasteiger partial charge in [0.2, 0.25) is 11.8 Å². The molecule has 0 saturated carbocycles. The van der Waals surface area contributed by atoms with E-state index in [1.165, 1.54) is 4.90 Å². The number of rotatable bonds is 10. The summed E-state index contributed by atoms with van der Waals surface area (Å²) in [4.78, 5) is 41.8. The Morgan fingerprint density at radius 2 is 1.68 bits per heavy atom. The normalized spacial score (nSPS) is 12.9. The molecule has 2 unspecified atom stereocenters. The lowest BCUT2D eigenvalue weighted by Crippen LogP contribution is -2.55. The van der Waals surface area contributed by atoms with Gasteiger partial charge >= 0.3 is 6.09 Å². The third-order valence-electron chi connectivity index (χ3n) is 6.02. The third-order valence-corrected chi connectivity index (χ3v) is 6.02. The Bertz CT molecular complexity index is 1090. The number of carbonyl (C=O) groups excluding carboxylic acids is 3. The number of carbonyl (C=O) groups is 3. The van der Waals surface area contributed by atoms with Gasteiger partial charge in [-0.05, 0) is 62.8 Å². The number of amides is 3. The van der Waals surface area contributed by atoms with E-state index in [1.807, 2.05) is 76.2 Å². The fraction of sp³-hybridized carbons (Fsp3) is 0.433. The fourth-order valence-electron chi connectivity index (χ4n) is 3.99. The monoisotopic (exact) mass is 507 g/mol. The van der Waals surface area contributed by atoms with Crippen LogP contribution in [0.4, 0.5) is 4.79 Å². The molecule has 7 nitrogen and oxygen atoms in total. The molecule has 0 bridgehead atoms. The Morgan fingerprint density at radius 3 is 2.24 bits per heavy atom. The van der Waals surface area contributed by atoms with E-state index < -0.39 is 23.8 Å². The average Bonchev–Trinajstić information content (AvgIpc) is 2.82. The molecule has 0 aliphatic rings. The SMILES string of the molecule is C=CCN(C(=O)C(NC(=O)OC(C)(C)C)C(C)C)C(C(=O)NCc1ccccc1)c1cccc(C)c1C. The molecule has 2 atom stereocenters. The number of ether oxygens (including phenoxy) is 1. The van der Waals surface area contributed by atoms with E-state index >= 15 is 0 Å². The standard InChI is InChI=1S/C30H41N3O4/c1-9-18-33(28(35)25(20(2)3)32-29(36)37-30(6,7)8)26(24-17-13-14-21(4)22(24)5)27(34)31-19-23-15-11-10-12-16-23/h9-17,20,25-26H,1,18-19H2,2-8H3,(H,31,34)(H,32,36). The third kappa shape index (κ3) is 8.48. The minimum absolute atomic E-state index is 0.120. The molecule has 2 rings (SSSR count). The second-order valence-electron chi connectivity index (χ2n) is 10.5. The van der Waals surface area contributed by atoms with Crippen molar-refractivity contribution in [2.24, 2.45) is 5.92 Å². The summed E-state index contributed by atoms with van der Waals surface area (Å²) >= 11 is 0. The maximum absolute atomic E-state index is 14.0. The lowest BCUT2D eigenvalue weighted by Gasteiger charge is -2.35. The summed E-state index contributed by atoms with van der Waals surface area (Å²) in [5, 5.41) is 5.72. The van der Waals surface area contributed by atoms with E-state index in [-0.39, 0.29) is 24.3 Å². The number of nitrogens with one attached hydrogen (secondary N) is 2. The van der Waals surface area contributed by atoms with Crippen molar-refractivity contribution in [2.45, 2.75) is 72.7 Å². The lowest BCUT2D eigenvalue weighted by molar-refractivity contribution is -0.142. The first-order valence-electron chi connectivity index (χ1n) is 12.6. The van der Waals surface area contributed by atoms with Gasteiger partial charge in [-0.15, -0.1) is 6.58 Å². The molecule has 0 radical (unpaired) electrons. The van der Waals surface area contributed by atoms with Gasteiger partial charge in [-0.1, -0.05) is 68.5 Å². The van der Waals surface area contributed by atoms with Gasteiger partial charge < -0.3 is 20.3 Å². The lowest BCUT2D eigenvalue weighted by atomic mass is 9.94. The van der Waals surface area contributed by atoms with E-state index in [2.05, 4.69) is 17.2 Å². The van der Waals surface area contributed by atoms with Crippen LogP contribution < -0.4 is 10.6 Å². The topological polar surface area (TPSA) is 87.7 Å². The Hall–Kier alpha value is -3.61. The van der Waals surface area contributed by atoms with Crippen molar-refractivity contribution in [1.29, 1.82) is 0 Å². The Kier molecular flexibility index (Phi) is 10.5. The molecule has 200 valence electrons. The molecule has 0 aliphatic heterocycles. The summed E-state index contributed by atoms with van der Waals surface area (Å²) in [5.74, 6) is -0.951. The molecule has 2 aromatic rings. The first-order chi connectivity index (χ1) is 17.4. The van der Waals surface area contributed by atoms with Gasteiger partial charge in [0.05, 0.1) is 0 Å². The molecular weight excluding hydrogens is 466 g/mol. The minimum atomic E-state index is -0.921. The second-order valence-corrected chi connectivity index (χ2v) is 10.5. The van der Waals surface area contributed by atoms with Crippen molar-refractivity contribution in [3.63, 3.8) is 0 Å². The molecule has 2 N–H and O–H groups in total. The molecule has 0 saturated heterocycles. The zero-order valence-electron chi connectivity index (χ0n) is 23.1. The van der Waals surface area contributed by atoms with Crippen LogP contribution in [0.5, 0.6) is 0 Å². The first-order valence-corrected chi connectivity index (χ1v) is 12.6. The van der Waals surface area contributed by atoms with Crippen molar-refractivity contribution in [2.75, 3.05) is 6.54 Å². The summed E-state index contributed by atoms with van der Waals surface area (Å²) in [6.07, 6.45) is 0.903. The van der Waals surface area contributed by atoms with Crippen molar-refractivity contribution in [3.8, 4) is 0 Å². The summed E-state index contributed by atoms with van der Waals surface area (Å²) in [7, 11) is 0. The molecule has 37 heavy (non-hydrogen) atoms. The molecule has 0 aromatic heterocycles. The van der Waals surface area contributed by atoms with Crippen LogP contribution in [0.25, 0.3) is 0 Å². The van der Waals surface area contributed by atoms with E-state index in [4.69, 9.17) is 4.74 Å². The van der Waals surface area contributed by atoms with Crippen LogP contribution in [0.15, 0.2) is 61.2 Å². The van der Waals surface area contributed by atoms with Crippen LogP contribution in [0.2, 0.25) is 0 Å². The van der Waals surface area contributed by atoms with E-state index in [9.17, 15) is 14.4 Å². The van der Waals surface area contributed by atoms with Crippen molar-refractivity contribution >= 4 is 17.9 Å². The first kappa shape index (κ1) is 29.6. The number of benzene rings is 2. The van der Waals surface area contributed by atoms with Crippen LogP contribution in [0, 0.1) is 19.8 Å². The van der Waals surface area contributed by atoms with E-state index in [0.29, 0.717) is 6.54 Å². The van der Waals surface area contributed by atoms with Crippen LogP contribution >= 0.6 is 0 Å². The number of hydrogen-bond donors (Lipinski definition) is 2. The highest BCUT2D eigenvalue weighted by Gasteiger charge is 2.37. The molecule has 0 heterocycles. The van der Waals surface area contributed by atoms with Crippen molar-refractivity contribution < 1.29 is 19.1 Å². The zero-order valence-corrected chi connectivity index (χ0v) is 23.1. The molecule has 0 fully saturated rings. The highest BCUT2D eigenvalue weighted by Crippen LogP contribution is 2.28. The molecule has 3 amide bonds. The second kappa shape index (κ2) is 13.1. The Labute approximate surface area is 221 Å². The number of aryl methyl sites for hydroxylation is 1. The van der Waals surface area contributed by atoms with Gasteiger partial charge in [-0.25, -0.2) is 4.79 Å². The molecule has 0 aliphatic carbocycles. The number of nitrogens with zero attached hydrogens (tertiary/aromatic N) is 1. The smallest absolute Gasteiger partial charge is 0.408 e. The van der Waals surface area contributed by atoms with Gasteiger partial charge in [0.25, 0.3) is 0 Å². The maximum atomic E-state index is 14.0. The average molecular weight is 508 g/mol. The Morgan fingerprint density at radius 1 is 1.03 bits per heavy atom. The highest BCUT2D eigenvalue weighted by molar-refractivity contribution is 5.92. The van der Waals surface area contributed by atoms with Crippen LogP contribution in [-0.4, -0.2) is 41.0 Å².